The largest absolute Gasteiger partial charge is 0.493 e. The van der Waals surface area contributed by atoms with Crippen molar-refractivity contribution in [1.29, 1.82) is 0 Å². The van der Waals surface area contributed by atoms with Gasteiger partial charge in [-0.05, 0) is 41.5 Å². The molecule has 0 spiro atoms. The fourth-order valence-corrected chi connectivity index (χ4v) is 3.95. The molecule has 0 aliphatic heterocycles. The third-order valence-corrected chi connectivity index (χ3v) is 5.44. The highest BCUT2D eigenvalue weighted by Gasteiger charge is 2.15. The van der Waals surface area contributed by atoms with Crippen molar-refractivity contribution in [2.24, 2.45) is 0 Å². The molecular weight excluding hydrogens is 404 g/mol. The normalized spacial score (nSPS) is 13.1. The van der Waals surface area contributed by atoms with Gasteiger partial charge in [-0.15, -0.1) is 0 Å². The summed E-state index contributed by atoms with van der Waals surface area (Å²) in [5.74, 6) is 1.37. The van der Waals surface area contributed by atoms with E-state index in [1.54, 1.807) is 32.4 Å². The molecular formula is C21H18N4O4S. The number of carbonyl (C=O) groups is 1. The number of nitrogens with two attached hydrogens (primary N) is 1. The topological polar surface area (TPSA) is 109 Å². The summed E-state index contributed by atoms with van der Waals surface area (Å²) < 4.78 is 12.1. The van der Waals surface area contributed by atoms with Gasteiger partial charge in [-0.25, -0.2) is 0 Å². The van der Waals surface area contributed by atoms with Crippen LogP contribution in [0, 0.1) is 0 Å². The van der Waals surface area contributed by atoms with Gasteiger partial charge in [0.25, 0.3) is 5.56 Å². The van der Waals surface area contributed by atoms with E-state index in [0.717, 1.165) is 10.6 Å². The van der Waals surface area contributed by atoms with E-state index in [2.05, 4.69) is 10.1 Å². The lowest BCUT2D eigenvalue weighted by Gasteiger charge is -2.08. The number of anilines is 1. The fraction of sp³-hybridized carbons (Fsp3) is 0.143. The Morgan fingerprint density at radius 2 is 1.83 bits per heavy atom. The minimum Gasteiger partial charge on any atom is -0.493 e. The van der Waals surface area contributed by atoms with Crippen LogP contribution < -0.4 is 20.8 Å². The first-order valence-electron chi connectivity index (χ1n) is 8.99. The molecule has 1 aliphatic carbocycles. The van der Waals surface area contributed by atoms with E-state index < -0.39 is 5.56 Å². The number of nitrogens with zero attached hydrogens (tertiary/aromatic N) is 3. The van der Waals surface area contributed by atoms with Gasteiger partial charge < -0.3 is 15.2 Å². The summed E-state index contributed by atoms with van der Waals surface area (Å²) in [5.41, 5.74) is 7.66. The van der Waals surface area contributed by atoms with E-state index in [9.17, 15) is 9.59 Å². The average Bonchev–Trinajstić information content (AvgIpc) is 3.14. The van der Waals surface area contributed by atoms with Crippen LogP contribution >= 0.6 is 11.3 Å². The minimum absolute atomic E-state index is 0.107. The van der Waals surface area contributed by atoms with Crippen LogP contribution in [0.4, 0.5) is 5.82 Å². The van der Waals surface area contributed by atoms with E-state index >= 15 is 0 Å². The number of ether oxygens (including phenoxy) is 2. The fourth-order valence-electron chi connectivity index (χ4n) is 3.02. The standard InChI is InChI=1S/C21H18N4O4S/c1-28-16-8-5-13(10-17(16)29-2)11-18-24-25-19(22)15(20(27)23-21(25)30-18)9-12-3-6-14(26)7-4-12/h3-10H,11,22H2,1-2H3. The van der Waals surface area contributed by atoms with Gasteiger partial charge in [0.15, 0.2) is 17.3 Å². The molecule has 152 valence electrons. The number of rotatable bonds is 5. The molecule has 0 bridgehead atoms. The number of carbonyl (C=O) groups excluding carboxylic acids is 1. The van der Waals surface area contributed by atoms with Gasteiger partial charge in [0.2, 0.25) is 4.96 Å². The molecule has 0 atom stereocenters. The van der Waals surface area contributed by atoms with E-state index in [1.165, 1.54) is 28.0 Å². The maximum Gasteiger partial charge on any atom is 0.283 e. The zero-order chi connectivity index (χ0) is 21.3. The Morgan fingerprint density at radius 1 is 1.10 bits per heavy atom. The third kappa shape index (κ3) is 3.74. The summed E-state index contributed by atoms with van der Waals surface area (Å²) in [7, 11) is 3.17. The molecule has 3 aromatic rings. The minimum atomic E-state index is -0.444. The van der Waals surface area contributed by atoms with E-state index in [4.69, 9.17) is 15.2 Å². The summed E-state index contributed by atoms with van der Waals surface area (Å²) in [5, 5.41) is 5.27. The van der Waals surface area contributed by atoms with E-state index in [-0.39, 0.29) is 17.2 Å². The van der Waals surface area contributed by atoms with E-state index in [0.29, 0.717) is 28.5 Å². The molecule has 2 heterocycles. The predicted octanol–water partition coefficient (Wildman–Crippen LogP) is 2.42. The van der Waals surface area contributed by atoms with Crippen LogP contribution in [0.1, 0.15) is 16.1 Å². The molecule has 1 aromatic carbocycles. The Labute approximate surface area is 175 Å². The molecule has 0 unspecified atom stereocenters. The number of nitrogen functional groups attached to an aromatic ring is 1. The average molecular weight is 422 g/mol. The van der Waals surface area contributed by atoms with Crippen LogP contribution in [-0.2, 0) is 11.2 Å². The molecule has 0 saturated carbocycles. The maximum absolute atomic E-state index is 12.5. The first-order valence-corrected chi connectivity index (χ1v) is 9.81. The Morgan fingerprint density at radius 3 is 2.53 bits per heavy atom. The number of methoxy groups -OCH3 is 2. The SMILES string of the molecule is COc1ccc(Cc2nn3c(N)c(C=C4C=CC(=O)C=C4)c(=O)nc3s2)cc1OC. The molecule has 1 aliphatic rings. The Kier molecular flexibility index (Phi) is 5.20. The van der Waals surface area contributed by atoms with Gasteiger partial charge in [-0.1, -0.05) is 29.6 Å². The number of fused-ring (bicyclic) bond motifs is 1. The summed E-state index contributed by atoms with van der Waals surface area (Å²) in [6, 6.07) is 5.63. The van der Waals surface area contributed by atoms with Gasteiger partial charge in [0.1, 0.15) is 10.8 Å². The molecule has 4 rings (SSSR count). The van der Waals surface area contributed by atoms with Gasteiger partial charge in [0.05, 0.1) is 19.8 Å². The Hall–Kier alpha value is -3.72. The summed E-state index contributed by atoms with van der Waals surface area (Å²) in [6.45, 7) is 0. The van der Waals surface area contributed by atoms with Crippen LogP contribution in [0.3, 0.4) is 0 Å². The van der Waals surface area contributed by atoms with Crippen molar-refractivity contribution < 1.29 is 14.3 Å². The molecule has 0 saturated heterocycles. The Bertz CT molecular complexity index is 1280. The monoisotopic (exact) mass is 422 g/mol. The third-order valence-electron chi connectivity index (χ3n) is 4.53. The van der Waals surface area contributed by atoms with Crippen LogP contribution in [0.15, 0.2) is 52.9 Å². The van der Waals surface area contributed by atoms with Crippen molar-refractivity contribution in [2.75, 3.05) is 20.0 Å². The van der Waals surface area contributed by atoms with Crippen molar-refractivity contribution in [2.45, 2.75) is 6.42 Å². The van der Waals surface area contributed by atoms with E-state index in [1.807, 2.05) is 18.2 Å². The van der Waals surface area contributed by atoms with Crippen molar-refractivity contribution in [3.8, 4) is 11.5 Å². The molecule has 2 N–H and O–H groups in total. The number of allylic oxidation sites excluding steroid dienone is 5. The maximum atomic E-state index is 12.5. The molecule has 2 aromatic heterocycles. The van der Waals surface area contributed by atoms with Crippen LogP contribution in [0.25, 0.3) is 11.0 Å². The highest BCUT2D eigenvalue weighted by Crippen LogP contribution is 2.29. The number of hydrogen-bond acceptors (Lipinski definition) is 8. The smallest absolute Gasteiger partial charge is 0.283 e. The predicted molar refractivity (Wildman–Crippen MR) is 115 cm³/mol. The van der Waals surface area contributed by atoms with Gasteiger partial charge in [-0.2, -0.15) is 14.6 Å². The number of hydrogen-bond donors (Lipinski definition) is 1. The molecule has 8 nitrogen and oxygen atoms in total. The highest BCUT2D eigenvalue weighted by molar-refractivity contribution is 7.16. The first kappa shape index (κ1) is 19.6. The second-order valence-electron chi connectivity index (χ2n) is 6.49. The van der Waals surface area contributed by atoms with Crippen LogP contribution in [0.5, 0.6) is 11.5 Å². The number of ketones is 1. The lowest BCUT2D eigenvalue weighted by molar-refractivity contribution is -0.110. The molecule has 9 heteroatoms. The summed E-state index contributed by atoms with van der Waals surface area (Å²) in [6.07, 6.45) is 8.22. The zero-order valence-electron chi connectivity index (χ0n) is 16.3. The second kappa shape index (κ2) is 7.96. The van der Waals surface area contributed by atoms with Crippen LogP contribution in [-0.4, -0.2) is 34.6 Å². The van der Waals surface area contributed by atoms with Crippen molar-refractivity contribution >= 4 is 34.0 Å². The Balaban J connectivity index is 1.70. The van der Waals surface area contributed by atoms with Gasteiger partial charge in [-0.3, -0.25) is 9.59 Å². The highest BCUT2D eigenvalue weighted by atomic mass is 32.1. The zero-order valence-corrected chi connectivity index (χ0v) is 17.1. The first-order chi connectivity index (χ1) is 14.5. The van der Waals surface area contributed by atoms with Crippen molar-refractivity contribution in [3.63, 3.8) is 0 Å². The summed E-state index contributed by atoms with van der Waals surface area (Å²) >= 11 is 1.29. The van der Waals surface area contributed by atoms with Gasteiger partial charge >= 0.3 is 0 Å². The molecule has 30 heavy (non-hydrogen) atoms. The second-order valence-corrected chi connectivity index (χ2v) is 7.53. The summed E-state index contributed by atoms with van der Waals surface area (Å²) in [4.78, 5) is 28.3. The molecule has 0 radical (unpaired) electrons. The lowest BCUT2D eigenvalue weighted by Crippen LogP contribution is -2.16. The lowest BCUT2D eigenvalue weighted by atomic mass is 10.1. The van der Waals surface area contributed by atoms with Crippen LogP contribution in [0.2, 0.25) is 0 Å². The molecule has 0 fully saturated rings. The van der Waals surface area contributed by atoms with Crippen molar-refractivity contribution in [3.05, 3.63) is 74.6 Å². The van der Waals surface area contributed by atoms with Crippen molar-refractivity contribution in [1.82, 2.24) is 14.6 Å². The number of benzene rings is 1. The number of aromatic nitrogens is 3. The quantitative estimate of drug-likeness (QED) is 0.672. The van der Waals surface area contributed by atoms with Gasteiger partial charge in [0, 0.05) is 6.42 Å². The molecule has 0 amide bonds.